The molecule has 0 aliphatic rings. The van der Waals surface area contributed by atoms with E-state index in [1.54, 1.807) is 49.6 Å². The van der Waals surface area contributed by atoms with Gasteiger partial charge < -0.3 is 14.5 Å². The Morgan fingerprint density at radius 2 is 1.89 bits per heavy atom. The first-order valence-corrected chi connectivity index (χ1v) is 9.60. The van der Waals surface area contributed by atoms with Crippen LogP contribution in [-0.4, -0.2) is 29.0 Å². The zero-order valence-corrected chi connectivity index (χ0v) is 16.6. The molecule has 0 aliphatic carbocycles. The van der Waals surface area contributed by atoms with E-state index in [1.807, 2.05) is 0 Å². The van der Waals surface area contributed by atoms with Gasteiger partial charge in [-0.25, -0.2) is 0 Å². The smallest absolute Gasteiger partial charge is 0.277 e. The van der Waals surface area contributed by atoms with Crippen LogP contribution in [-0.2, 0) is 11.3 Å². The number of amides is 1. The molecule has 27 heavy (non-hydrogen) atoms. The third kappa shape index (κ3) is 5.38. The highest BCUT2D eigenvalue weighted by Gasteiger charge is 2.12. The van der Waals surface area contributed by atoms with Crippen LogP contribution in [0.4, 0.5) is 0 Å². The first-order chi connectivity index (χ1) is 13.0. The normalized spacial score (nSPS) is 10.6. The third-order valence-electron chi connectivity index (χ3n) is 3.54. The standard InChI is InChI=1S/C18H15Cl2N3O3S/c1-25-15-7-6-14(20)8-12(15)9-21-16(24)10-27-18-23-22-17(26-18)11-2-4-13(19)5-3-11/h2-8H,9-10H2,1H3,(H,21,24). The molecule has 2 aromatic carbocycles. The van der Waals surface area contributed by atoms with Gasteiger partial charge in [-0.1, -0.05) is 35.0 Å². The molecule has 0 unspecified atom stereocenters. The first-order valence-electron chi connectivity index (χ1n) is 7.86. The summed E-state index contributed by atoms with van der Waals surface area (Å²) in [4.78, 5) is 12.1. The number of thioether (sulfide) groups is 1. The number of nitrogens with zero attached hydrogens (tertiary/aromatic N) is 2. The van der Waals surface area contributed by atoms with Crippen LogP contribution >= 0.6 is 35.0 Å². The number of nitrogens with one attached hydrogen (secondary N) is 1. The summed E-state index contributed by atoms with van der Waals surface area (Å²) in [6.45, 7) is 0.309. The largest absolute Gasteiger partial charge is 0.496 e. The number of carbonyl (C=O) groups is 1. The highest BCUT2D eigenvalue weighted by atomic mass is 35.5. The van der Waals surface area contributed by atoms with Crippen molar-refractivity contribution in [3.8, 4) is 17.2 Å². The number of aromatic nitrogens is 2. The lowest BCUT2D eigenvalue weighted by atomic mass is 10.2. The molecule has 0 aliphatic heterocycles. The summed E-state index contributed by atoms with van der Waals surface area (Å²) in [5.41, 5.74) is 1.56. The molecule has 0 atom stereocenters. The number of rotatable bonds is 7. The fourth-order valence-corrected chi connectivity index (χ4v) is 3.15. The number of halogens is 2. The van der Waals surface area contributed by atoms with Gasteiger partial charge >= 0.3 is 0 Å². The Morgan fingerprint density at radius 1 is 1.15 bits per heavy atom. The summed E-state index contributed by atoms with van der Waals surface area (Å²) in [6, 6.07) is 12.3. The number of hydrogen-bond acceptors (Lipinski definition) is 6. The number of ether oxygens (including phenoxy) is 1. The van der Waals surface area contributed by atoms with E-state index < -0.39 is 0 Å². The van der Waals surface area contributed by atoms with Gasteiger partial charge in [-0.05, 0) is 42.5 Å². The van der Waals surface area contributed by atoms with Gasteiger partial charge in [-0.3, -0.25) is 4.79 Å². The van der Waals surface area contributed by atoms with Crippen LogP contribution in [0.25, 0.3) is 11.5 Å². The summed E-state index contributed by atoms with van der Waals surface area (Å²) in [6.07, 6.45) is 0. The average molecular weight is 424 g/mol. The lowest BCUT2D eigenvalue weighted by Gasteiger charge is -2.09. The lowest BCUT2D eigenvalue weighted by molar-refractivity contribution is -0.118. The lowest BCUT2D eigenvalue weighted by Crippen LogP contribution is -2.24. The molecular weight excluding hydrogens is 409 g/mol. The molecule has 0 spiro atoms. The van der Waals surface area contributed by atoms with Crippen LogP contribution in [0, 0.1) is 0 Å². The molecule has 1 aromatic heterocycles. The van der Waals surface area contributed by atoms with E-state index in [1.165, 1.54) is 0 Å². The highest BCUT2D eigenvalue weighted by Crippen LogP contribution is 2.25. The monoisotopic (exact) mass is 423 g/mol. The van der Waals surface area contributed by atoms with Gasteiger partial charge in [0.1, 0.15) is 5.75 Å². The molecule has 6 nitrogen and oxygen atoms in total. The molecular formula is C18H15Cl2N3O3S. The third-order valence-corrected chi connectivity index (χ3v) is 4.85. The molecule has 140 valence electrons. The molecule has 0 saturated heterocycles. The molecule has 1 amide bonds. The Kier molecular flexibility index (Phi) is 6.60. The molecule has 0 saturated carbocycles. The summed E-state index contributed by atoms with van der Waals surface area (Å²) < 4.78 is 10.8. The zero-order valence-electron chi connectivity index (χ0n) is 14.2. The summed E-state index contributed by atoms with van der Waals surface area (Å²) >= 11 is 13.0. The van der Waals surface area contributed by atoms with Crippen molar-refractivity contribution in [2.24, 2.45) is 0 Å². The summed E-state index contributed by atoms with van der Waals surface area (Å²) in [5.74, 6) is 1.01. The van der Waals surface area contributed by atoms with Gasteiger partial charge in [-0.15, -0.1) is 10.2 Å². The minimum Gasteiger partial charge on any atom is -0.496 e. The molecule has 1 N–H and O–H groups in total. The number of benzene rings is 2. The van der Waals surface area contributed by atoms with Crippen LogP contribution < -0.4 is 10.1 Å². The number of methoxy groups -OCH3 is 1. The van der Waals surface area contributed by atoms with Crippen LogP contribution in [0.3, 0.4) is 0 Å². The Labute approximate surface area is 170 Å². The fraction of sp³-hybridized carbons (Fsp3) is 0.167. The molecule has 3 aromatic rings. The predicted molar refractivity (Wildman–Crippen MR) is 105 cm³/mol. The minimum absolute atomic E-state index is 0.144. The Hall–Kier alpha value is -2.22. The van der Waals surface area contributed by atoms with E-state index in [9.17, 15) is 4.79 Å². The highest BCUT2D eigenvalue weighted by molar-refractivity contribution is 7.99. The van der Waals surface area contributed by atoms with Crippen molar-refractivity contribution in [2.75, 3.05) is 12.9 Å². The van der Waals surface area contributed by atoms with Crippen molar-refractivity contribution in [3.05, 3.63) is 58.1 Å². The Balaban J connectivity index is 1.52. The fourth-order valence-electron chi connectivity index (χ4n) is 2.23. The predicted octanol–water partition coefficient (Wildman–Crippen LogP) is 4.46. The Bertz CT molecular complexity index is 932. The van der Waals surface area contributed by atoms with Crippen molar-refractivity contribution in [3.63, 3.8) is 0 Å². The average Bonchev–Trinajstić information content (AvgIpc) is 3.14. The van der Waals surface area contributed by atoms with Crippen LogP contribution in [0.15, 0.2) is 52.1 Å². The van der Waals surface area contributed by atoms with E-state index >= 15 is 0 Å². The van der Waals surface area contributed by atoms with Crippen molar-refractivity contribution >= 4 is 40.9 Å². The molecule has 9 heteroatoms. The van der Waals surface area contributed by atoms with Gasteiger partial charge in [0.2, 0.25) is 11.8 Å². The van der Waals surface area contributed by atoms with Gasteiger partial charge in [-0.2, -0.15) is 0 Å². The maximum absolute atomic E-state index is 12.1. The SMILES string of the molecule is COc1ccc(Cl)cc1CNC(=O)CSc1nnc(-c2ccc(Cl)cc2)o1. The summed E-state index contributed by atoms with van der Waals surface area (Å²) in [5, 5.41) is 12.2. The van der Waals surface area contributed by atoms with Crippen molar-refractivity contribution in [1.82, 2.24) is 15.5 Å². The minimum atomic E-state index is -0.173. The maximum atomic E-state index is 12.1. The topological polar surface area (TPSA) is 77.2 Å². The van der Waals surface area contributed by atoms with Crippen LogP contribution in [0.2, 0.25) is 10.0 Å². The van der Waals surface area contributed by atoms with Gasteiger partial charge in [0, 0.05) is 27.7 Å². The van der Waals surface area contributed by atoms with Crippen molar-refractivity contribution in [1.29, 1.82) is 0 Å². The quantitative estimate of drug-likeness (QED) is 0.565. The second kappa shape index (κ2) is 9.12. The maximum Gasteiger partial charge on any atom is 0.277 e. The van der Waals surface area contributed by atoms with E-state index in [2.05, 4.69) is 15.5 Å². The second-order valence-electron chi connectivity index (χ2n) is 5.40. The van der Waals surface area contributed by atoms with Gasteiger partial charge in [0.15, 0.2) is 0 Å². The molecule has 0 bridgehead atoms. The van der Waals surface area contributed by atoms with Crippen molar-refractivity contribution in [2.45, 2.75) is 11.8 Å². The van der Waals surface area contributed by atoms with E-state index in [-0.39, 0.29) is 11.7 Å². The number of carbonyl (C=O) groups excluding carboxylic acids is 1. The first kappa shape index (κ1) is 19.5. The van der Waals surface area contributed by atoms with E-state index in [0.717, 1.165) is 22.9 Å². The second-order valence-corrected chi connectivity index (χ2v) is 7.20. The van der Waals surface area contributed by atoms with Crippen molar-refractivity contribution < 1.29 is 13.9 Å². The number of hydrogen-bond donors (Lipinski definition) is 1. The molecule has 0 radical (unpaired) electrons. The van der Waals surface area contributed by atoms with Gasteiger partial charge in [0.05, 0.1) is 12.9 Å². The van der Waals surface area contributed by atoms with Gasteiger partial charge in [0.25, 0.3) is 5.22 Å². The Morgan fingerprint density at radius 3 is 2.63 bits per heavy atom. The molecule has 0 fully saturated rings. The van der Waals surface area contributed by atoms with E-state index in [0.29, 0.717) is 33.5 Å². The zero-order chi connectivity index (χ0) is 19.2. The summed E-state index contributed by atoms with van der Waals surface area (Å²) in [7, 11) is 1.57. The van der Waals surface area contributed by atoms with E-state index in [4.69, 9.17) is 32.4 Å². The van der Waals surface area contributed by atoms with Crippen LogP contribution in [0.1, 0.15) is 5.56 Å². The molecule has 1 heterocycles. The van der Waals surface area contributed by atoms with Crippen LogP contribution in [0.5, 0.6) is 5.75 Å². The molecule has 3 rings (SSSR count).